The molecule has 2 amide bonds. The van der Waals surface area contributed by atoms with Crippen molar-refractivity contribution in [2.45, 2.75) is 52.4 Å². The number of allylic oxidation sites excluding steroid dienone is 4. The first-order chi connectivity index (χ1) is 17.7. The molecule has 1 aliphatic rings. The quantitative estimate of drug-likeness (QED) is 0.208. The molecule has 3 rings (SSSR count). The van der Waals surface area contributed by atoms with Crippen LogP contribution < -0.4 is 16.1 Å². The summed E-state index contributed by atoms with van der Waals surface area (Å²) in [6.07, 6.45) is 8.70. The summed E-state index contributed by atoms with van der Waals surface area (Å²) in [5.41, 5.74) is 5.67. The van der Waals surface area contributed by atoms with Crippen LogP contribution in [0.5, 0.6) is 0 Å². The van der Waals surface area contributed by atoms with Crippen LogP contribution in [0.3, 0.4) is 0 Å². The van der Waals surface area contributed by atoms with Crippen LogP contribution in [0.2, 0.25) is 0 Å². The molecule has 0 radical (unpaired) electrons. The molecule has 2 heterocycles. The average molecular weight is 527 g/mol. The maximum absolute atomic E-state index is 14.4. The Kier molecular flexibility index (Phi) is 9.96. The van der Waals surface area contributed by atoms with E-state index < -0.39 is 5.83 Å². The molecule has 0 fully saturated rings. The molecule has 37 heavy (non-hydrogen) atoms. The third-order valence-electron chi connectivity index (χ3n) is 6.23. The van der Waals surface area contributed by atoms with Gasteiger partial charge < -0.3 is 10.6 Å². The maximum atomic E-state index is 14.4. The van der Waals surface area contributed by atoms with Gasteiger partial charge in [-0.3, -0.25) is 14.3 Å². The van der Waals surface area contributed by atoms with Gasteiger partial charge in [-0.15, -0.1) is 11.3 Å². The number of amides is 2. The molecule has 198 valence electrons. The van der Waals surface area contributed by atoms with E-state index in [1.807, 2.05) is 26.1 Å². The molecule has 0 aromatic carbocycles. The monoisotopic (exact) mass is 526 g/mol. The summed E-state index contributed by atoms with van der Waals surface area (Å²) in [7, 11) is 1.82. The van der Waals surface area contributed by atoms with E-state index in [1.54, 1.807) is 11.6 Å². The van der Waals surface area contributed by atoms with Crippen molar-refractivity contribution in [2.75, 3.05) is 18.4 Å². The Labute approximate surface area is 221 Å². The number of aryl methyl sites for hydroxylation is 3. The van der Waals surface area contributed by atoms with E-state index in [9.17, 15) is 14.0 Å². The number of aromatic nitrogens is 2. The summed E-state index contributed by atoms with van der Waals surface area (Å²) in [6, 6.07) is 3.78. The number of carbonyl (C=O) groups excluding carboxylic acids is 2. The Balaban J connectivity index is 1.49. The molecule has 2 aromatic heterocycles. The van der Waals surface area contributed by atoms with Gasteiger partial charge in [0.15, 0.2) is 0 Å². The van der Waals surface area contributed by atoms with Gasteiger partial charge in [-0.2, -0.15) is 10.2 Å². The van der Waals surface area contributed by atoms with Gasteiger partial charge in [0.1, 0.15) is 11.6 Å². The zero-order chi connectivity index (χ0) is 26.9. The van der Waals surface area contributed by atoms with Gasteiger partial charge >= 0.3 is 0 Å². The minimum atomic E-state index is -0.507. The Bertz CT molecular complexity index is 1220. The Morgan fingerprint density at radius 2 is 2.11 bits per heavy atom. The number of thiophene rings is 1. The van der Waals surface area contributed by atoms with Crippen LogP contribution in [0.4, 0.5) is 10.2 Å². The Morgan fingerprint density at radius 1 is 1.32 bits per heavy atom. The van der Waals surface area contributed by atoms with E-state index in [1.165, 1.54) is 40.0 Å². The molecule has 1 aliphatic carbocycles. The lowest BCUT2D eigenvalue weighted by atomic mass is 10.0. The molecule has 8 nitrogen and oxygen atoms in total. The third-order valence-corrected chi connectivity index (χ3v) is 7.57. The lowest BCUT2D eigenvalue weighted by Crippen LogP contribution is -2.27. The number of hydrogen-bond acceptors (Lipinski definition) is 6. The van der Waals surface area contributed by atoms with E-state index >= 15 is 0 Å². The average Bonchev–Trinajstić information content (AvgIpc) is 3.55. The Morgan fingerprint density at radius 3 is 2.78 bits per heavy atom. The number of hydrogen-bond donors (Lipinski definition) is 3. The first kappa shape index (κ1) is 28.0. The van der Waals surface area contributed by atoms with Crippen LogP contribution in [0.25, 0.3) is 0 Å². The van der Waals surface area contributed by atoms with Crippen molar-refractivity contribution in [3.63, 3.8) is 0 Å². The van der Waals surface area contributed by atoms with E-state index in [0.29, 0.717) is 27.9 Å². The van der Waals surface area contributed by atoms with Gasteiger partial charge in [0.25, 0.3) is 11.8 Å². The van der Waals surface area contributed by atoms with Crippen LogP contribution in [-0.2, 0) is 18.3 Å². The molecule has 1 unspecified atom stereocenters. The van der Waals surface area contributed by atoms with Gasteiger partial charge in [0, 0.05) is 23.7 Å². The third kappa shape index (κ3) is 7.72. The highest BCUT2D eigenvalue weighted by Gasteiger charge is 2.26. The number of nitrogens with one attached hydrogen (secondary N) is 3. The molecule has 0 spiro atoms. The van der Waals surface area contributed by atoms with Crippen LogP contribution in [-0.4, -0.2) is 40.4 Å². The fourth-order valence-corrected chi connectivity index (χ4v) is 5.37. The van der Waals surface area contributed by atoms with E-state index in [2.05, 4.69) is 39.8 Å². The summed E-state index contributed by atoms with van der Waals surface area (Å²) < 4.78 is 16.1. The fraction of sp³-hybridized carbons (Fsp3) is 0.407. The summed E-state index contributed by atoms with van der Waals surface area (Å²) >= 11 is 1.53. The number of anilines is 1. The molecule has 3 N–H and O–H groups in total. The standard InChI is InChI=1S/C27H35FN6O2S/c1-6-8-20-9-10-21-14-23(37-26(20)21)27(36)30-15-22(28)12-11-19(7-2)18(4)31-32-25(35)16-29-24-13-17(3)34(5)33-24/h7,11-14,20H,2,6,8-10,15-16H2,1,3-5H3,(H,29,33)(H,30,36)(H,32,35)/b19-11+,22-12+,31-18+. The van der Waals surface area contributed by atoms with Gasteiger partial charge in [-0.1, -0.05) is 32.1 Å². The SMILES string of the molecule is C=CC(=C\C=C(\F)CNC(=O)c1cc2c(s1)C(CCC)CC2)/C(C)=N/NC(=O)CNc1cc(C)n(C)n1. The molecular formula is C27H35FN6O2S. The molecule has 0 saturated carbocycles. The van der Waals surface area contributed by atoms with Crippen molar-refractivity contribution >= 4 is 34.7 Å². The Hall–Kier alpha value is -3.53. The van der Waals surface area contributed by atoms with Gasteiger partial charge in [0.05, 0.1) is 23.7 Å². The smallest absolute Gasteiger partial charge is 0.261 e. The maximum Gasteiger partial charge on any atom is 0.261 e. The van der Waals surface area contributed by atoms with Crippen LogP contribution in [0, 0.1) is 6.92 Å². The molecule has 0 saturated heterocycles. The minimum Gasteiger partial charge on any atom is -0.359 e. The second kappa shape index (κ2) is 13.1. The normalized spacial score (nSPS) is 15.9. The zero-order valence-corrected chi connectivity index (χ0v) is 22.7. The first-order valence-corrected chi connectivity index (χ1v) is 13.2. The lowest BCUT2D eigenvalue weighted by Gasteiger charge is -2.07. The highest BCUT2D eigenvalue weighted by molar-refractivity contribution is 7.14. The van der Waals surface area contributed by atoms with Gasteiger partial charge in [-0.25, -0.2) is 9.82 Å². The second-order valence-electron chi connectivity index (χ2n) is 9.03. The number of rotatable bonds is 12. The van der Waals surface area contributed by atoms with Crippen molar-refractivity contribution < 1.29 is 14.0 Å². The largest absolute Gasteiger partial charge is 0.359 e. The zero-order valence-electron chi connectivity index (χ0n) is 21.9. The topological polar surface area (TPSA) is 100 Å². The number of fused-ring (bicyclic) bond motifs is 1. The predicted molar refractivity (Wildman–Crippen MR) is 148 cm³/mol. The summed E-state index contributed by atoms with van der Waals surface area (Å²) in [6.45, 7) is 9.28. The summed E-state index contributed by atoms with van der Waals surface area (Å²) in [5, 5.41) is 13.9. The number of carbonyl (C=O) groups is 2. The van der Waals surface area contributed by atoms with E-state index in [0.717, 1.165) is 31.4 Å². The van der Waals surface area contributed by atoms with E-state index in [-0.39, 0.29) is 24.9 Å². The highest BCUT2D eigenvalue weighted by atomic mass is 32.1. The number of nitrogens with zero attached hydrogens (tertiary/aromatic N) is 3. The summed E-state index contributed by atoms with van der Waals surface area (Å²) in [5.74, 6) is 0.0188. The van der Waals surface area contributed by atoms with Crippen LogP contribution in [0.15, 0.2) is 53.4 Å². The molecular weight excluding hydrogens is 491 g/mol. The van der Waals surface area contributed by atoms with Crippen molar-refractivity contribution in [1.29, 1.82) is 0 Å². The van der Waals surface area contributed by atoms with Gasteiger partial charge in [-0.05, 0) is 62.3 Å². The molecule has 10 heteroatoms. The molecule has 1 atom stereocenters. The number of hydrazone groups is 1. The highest BCUT2D eigenvalue weighted by Crippen LogP contribution is 2.41. The van der Waals surface area contributed by atoms with Crippen molar-refractivity contribution in [3.8, 4) is 0 Å². The molecule has 2 aromatic rings. The first-order valence-electron chi connectivity index (χ1n) is 12.4. The molecule has 0 aliphatic heterocycles. The van der Waals surface area contributed by atoms with Crippen LogP contribution in [0.1, 0.15) is 64.8 Å². The van der Waals surface area contributed by atoms with Gasteiger partial charge in [0.2, 0.25) is 0 Å². The molecule has 0 bridgehead atoms. The summed E-state index contributed by atoms with van der Waals surface area (Å²) in [4.78, 5) is 26.6. The van der Waals surface area contributed by atoms with Crippen LogP contribution >= 0.6 is 11.3 Å². The van der Waals surface area contributed by atoms with Crippen molar-refractivity contribution in [2.24, 2.45) is 12.1 Å². The minimum absolute atomic E-state index is 0.00108. The number of halogens is 1. The van der Waals surface area contributed by atoms with E-state index in [4.69, 9.17) is 0 Å². The second-order valence-corrected chi connectivity index (χ2v) is 10.1. The fourth-order valence-electron chi connectivity index (χ4n) is 4.08. The predicted octanol–water partition coefficient (Wildman–Crippen LogP) is 4.92. The van der Waals surface area contributed by atoms with Crippen molar-refractivity contribution in [3.05, 3.63) is 69.4 Å². The lowest BCUT2D eigenvalue weighted by molar-refractivity contribution is -0.119. The van der Waals surface area contributed by atoms with Crippen molar-refractivity contribution in [1.82, 2.24) is 20.5 Å².